The molecule has 0 spiro atoms. The van der Waals surface area contributed by atoms with Crippen LogP contribution in [0.4, 0.5) is 29.0 Å². The molecule has 0 fully saturated rings. The van der Waals surface area contributed by atoms with Gasteiger partial charge < -0.3 is 30.3 Å². The highest BCUT2D eigenvalue weighted by atomic mass is 16.5. The van der Waals surface area contributed by atoms with Crippen LogP contribution in [0.1, 0.15) is 5.69 Å². The molecule has 5 N–H and O–H groups in total. The summed E-state index contributed by atoms with van der Waals surface area (Å²) in [6, 6.07) is 17.1. The minimum Gasteiger partial charge on any atom is -0.493 e. The lowest BCUT2D eigenvalue weighted by Gasteiger charge is -2.15. The molecule has 0 aliphatic rings. The van der Waals surface area contributed by atoms with Crippen LogP contribution in [0.5, 0.6) is 17.2 Å². The summed E-state index contributed by atoms with van der Waals surface area (Å²) in [6.45, 7) is 0.697. The molecule has 4 rings (SSSR count). The third kappa shape index (κ3) is 6.93. The van der Waals surface area contributed by atoms with Crippen LogP contribution in [0.25, 0.3) is 0 Å². The van der Waals surface area contributed by atoms with E-state index < -0.39 is 0 Å². The molecule has 37 heavy (non-hydrogen) atoms. The van der Waals surface area contributed by atoms with Crippen LogP contribution in [0.15, 0.2) is 67.1 Å². The molecule has 0 amide bonds. The van der Waals surface area contributed by atoms with E-state index >= 15 is 0 Å². The maximum absolute atomic E-state index is 5.41. The molecule has 2 aromatic carbocycles. The second-order valence-corrected chi connectivity index (χ2v) is 7.59. The van der Waals surface area contributed by atoms with Crippen LogP contribution in [0.3, 0.4) is 0 Å². The molecule has 4 aromatic rings. The van der Waals surface area contributed by atoms with Crippen molar-refractivity contribution in [3.05, 3.63) is 72.8 Å². The zero-order chi connectivity index (χ0) is 25.9. The van der Waals surface area contributed by atoms with Crippen molar-refractivity contribution < 1.29 is 14.2 Å². The van der Waals surface area contributed by atoms with Crippen LogP contribution in [-0.4, -0.2) is 47.8 Å². The fraction of sp³-hybridized carbons (Fsp3) is 0.200. The zero-order valence-electron chi connectivity index (χ0n) is 20.8. The second-order valence-electron chi connectivity index (χ2n) is 7.59. The average molecular weight is 504 g/mol. The normalized spacial score (nSPS) is 10.5. The first-order chi connectivity index (χ1) is 18.2. The van der Waals surface area contributed by atoms with Crippen molar-refractivity contribution in [2.75, 3.05) is 43.9 Å². The van der Waals surface area contributed by atoms with E-state index in [-0.39, 0.29) is 0 Å². The molecule has 12 nitrogen and oxygen atoms in total. The predicted molar refractivity (Wildman–Crippen MR) is 142 cm³/mol. The summed E-state index contributed by atoms with van der Waals surface area (Å²) in [7, 11) is 4.67. The van der Waals surface area contributed by atoms with Crippen molar-refractivity contribution in [1.82, 2.24) is 30.9 Å². The predicted octanol–water partition coefficient (Wildman–Crippen LogP) is 3.44. The van der Waals surface area contributed by atoms with Crippen molar-refractivity contribution in [1.29, 1.82) is 0 Å². The maximum Gasteiger partial charge on any atom is 0.232 e. The van der Waals surface area contributed by atoms with E-state index in [1.54, 1.807) is 39.7 Å². The summed E-state index contributed by atoms with van der Waals surface area (Å²) in [5, 5.41) is 6.36. The number of hydrogen-bond donors (Lipinski definition) is 5. The Labute approximate surface area is 214 Å². The number of para-hydroxylation sites is 2. The molecule has 12 heteroatoms. The van der Waals surface area contributed by atoms with Gasteiger partial charge in [-0.15, -0.1) is 0 Å². The summed E-state index contributed by atoms with van der Waals surface area (Å²) < 4.78 is 16.2. The molecule has 0 unspecified atom stereocenters. The van der Waals surface area contributed by atoms with Crippen molar-refractivity contribution >= 4 is 29.0 Å². The summed E-state index contributed by atoms with van der Waals surface area (Å²) in [5.74, 6) is 2.22. The van der Waals surface area contributed by atoms with Crippen LogP contribution in [0, 0.1) is 0 Å². The van der Waals surface area contributed by atoms with Gasteiger partial charge in [-0.05, 0) is 24.3 Å². The van der Waals surface area contributed by atoms with Crippen LogP contribution in [-0.2, 0) is 6.42 Å². The van der Waals surface area contributed by atoms with Gasteiger partial charge in [-0.3, -0.25) is 4.98 Å². The molecule has 0 saturated heterocycles. The quantitative estimate of drug-likeness (QED) is 0.135. The molecule has 0 aliphatic carbocycles. The molecule has 192 valence electrons. The molecule has 0 bridgehead atoms. The number of hydrazine groups is 2. The second kappa shape index (κ2) is 12.9. The molecule has 2 aromatic heterocycles. The molecule has 0 aliphatic heterocycles. The Morgan fingerprint density at radius 3 is 2.14 bits per heavy atom. The van der Waals surface area contributed by atoms with Gasteiger partial charge >= 0.3 is 0 Å². The highest BCUT2D eigenvalue weighted by Crippen LogP contribution is 2.40. The highest BCUT2D eigenvalue weighted by Gasteiger charge is 2.14. The maximum atomic E-state index is 5.41. The zero-order valence-corrected chi connectivity index (χ0v) is 20.8. The Balaban J connectivity index is 1.39. The third-order valence-electron chi connectivity index (χ3n) is 5.18. The van der Waals surface area contributed by atoms with Crippen molar-refractivity contribution in [2.24, 2.45) is 0 Å². The fourth-order valence-corrected chi connectivity index (χ4v) is 3.43. The van der Waals surface area contributed by atoms with Gasteiger partial charge in [0.15, 0.2) is 11.5 Å². The lowest BCUT2D eigenvalue weighted by atomic mass is 10.2. The largest absolute Gasteiger partial charge is 0.493 e. The molecule has 0 atom stereocenters. The van der Waals surface area contributed by atoms with Crippen molar-refractivity contribution in [2.45, 2.75) is 6.42 Å². The number of pyridine rings is 1. The van der Waals surface area contributed by atoms with Gasteiger partial charge in [0.05, 0.1) is 32.7 Å². The molecular formula is C25H29N9O3. The summed E-state index contributed by atoms with van der Waals surface area (Å²) in [4.78, 5) is 17.2. The standard InChI is InChI=1S/C25H29N9O3/c1-35-21-14-18(15-22(36-2)23(21)37-3)30-24-27-16-28-25(32-24)31-19-9-4-5-10-20(19)33-34-29-13-11-17-8-6-7-12-26-17/h4-10,12,14-16,29,33-34H,11,13H2,1-3H3,(H2,27,28,30,31,32). The number of hydrogen-bond acceptors (Lipinski definition) is 12. The van der Waals surface area contributed by atoms with E-state index in [4.69, 9.17) is 14.2 Å². The summed E-state index contributed by atoms with van der Waals surface area (Å²) in [5.41, 5.74) is 12.5. The number of nitrogens with one attached hydrogen (secondary N) is 5. The molecular weight excluding hydrogens is 474 g/mol. The van der Waals surface area contributed by atoms with E-state index in [0.717, 1.165) is 23.5 Å². The number of ether oxygens (including phenoxy) is 3. The average Bonchev–Trinajstić information content (AvgIpc) is 2.94. The monoisotopic (exact) mass is 503 g/mol. The van der Waals surface area contributed by atoms with E-state index in [1.807, 2.05) is 42.5 Å². The highest BCUT2D eigenvalue weighted by molar-refractivity contribution is 5.72. The van der Waals surface area contributed by atoms with Gasteiger partial charge in [0.1, 0.15) is 6.33 Å². The Morgan fingerprint density at radius 2 is 1.46 bits per heavy atom. The van der Waals surface area contributed by atoms with Gasteiger partial charge in [0.25, 0.3) is 0 Å². The van der Waals surface area contributed by atoms with E-state index in [2.05, 4.69) is 47.0 Å². The Bertz CT molecular complexity index is 1270. The van der Waals surface area contributed by atoms with Crippen molar-refractivity contribution in [3.8, 4) is 17.2 Å². The van der Waals surface area contributed by atoms with E-state index in [0.29, 0.717) is 41.4 Å². The number of nitrogens with zero attached hydrogens (tertiary/aromatic N) is 4. The number of aromatic nitrogens is 4. The fourth-order valence-electron chi connectivity index (χ4n) is 3.43. The summed E-state index contributed by atoms with van der Waals surface area (Å²) >= 11 is 0. The molecule has 2 heterocycles. The van der Waals surface area contributed by atoms with Gasteiger partial charge in [0.2, 0.25) is 17.6 Å². The third-order valence-corrected chi connectivity index (χ3v) is 5.18. The molecule has 0 saturated carbocycles. The Morgan fingerprint density at radius 1 is 0.757 bits per heavy atom. The lowest BCUT2D eigenvalue weighted by Crippen LogP contribution is -2.38. The Kier molecular flexibility index (Phi) is 8.83. The number of anilines is 5. The van der Waals surface area contributed by atoms with Crippen molar-refractivity contribution in [3.63, 3.8) is 0 Å². The first-order valence-electron chi connectivity index (χ1n) is 11.5. The Hall–Kier alpha value is -4.68. The van der Waals surface area contributed by atoms with Crippen LogP contribution >= 0.6 is 0 Å². The number of benzene rings is 2. The van der Waals surface area contributed by atoms with E-state index in [1.165, 1.54) is 6.33 Å². The van der Waals surface area contributed by atoms with E-state index in [9.17, 15) is 0 Å². The first-order valence-corrected chi connectivity index (χ1v) is 11.5. The number of methoxy groups -OCH3 is 3. The van der Waals surface area contributed by atoms with Crippen LogP contribution in [0.2, 0.25) is 0 Å². The number of rotatable bonds is 13. The first kappa shape index (κ1) is 25.4. The SMILES string of the molecule is COc1cc(Nc2ncnc(Nc3ccccc3NNNCCc3ccccn3)n2)cc(OC)c1OC. The summed E-state index contributed by atoms with van der Waals surface area (Å²) in [6.07, 6.45) is 4.00. The molecule has 0 radical (unpaired) electrons. The minimum atomic E-state index is 0.339. The lowest BCUT2D eigenvalue weighted by molar-refractivity contribution is 0.324. The van der Waals surface area contributed by atoms with Crippen LogP contribution < -0.4 is 41.2 Å². The van der Waals surface area contributed by atoms with Gasteiger partial charge in [-0.25, -0.2) is 15.4 Å². The topological polar surface area (TPSA) is 139 Å². The minimum absolute atomic E-state index is 0.339. The van der Waals surface area contributed by atoms with Gasteiger partial charge in [0, 0.05) is 42.7 Å². The smallest absolute Gasteiger partial charge is 0.232 e. The van der Waals surface area contributed by atoms with Gasteiger partial charge in [-0.2, -0.15) is 10.5 Å². The van der Waals surface area contributed by atoms with Gasteiger partial charge in [-0.1, -0.05) is 18.2 Å².